The van der Waals surface area contributed by atoms with Crippen LogP contribution in [0.25, 0.3) is 17.0 Å². The Morgan fingerprint density at radius 2 is 1.55 bits per heavy atom. The van der Waals surface area contributed by atoms with Gasteiger partial charge in [-0.3, -0.25) is 4.79 Å². The molecule has 0 fully saturated rings. The Bertz CT molecular complexity index is 1740. The number of fused-ring (bicyclic) bond motifs is 1. The van der Waals surface area contributed by atoms with Crippen molar-refractivity contribution in [1.29, 1.82) is 0 Å². The maximum atomic E-state index is 12.8. The average molecular weight is 573 g/mol. The number of benzene rings is 4. The molecule has 0 N–H and O–H groups in total. The summed E-state index contributed by atoms with van der Waals surface area (Å²) < 4.78 is 22.4. The van der Waals surface area contributed by atoms with Gasteiger partial charge in [0, 0.05) is 27.8 Å². The fourth-order valence-electron chi connectivity index (χ4n) is 3.77. The molecule has 1 aromatic heterocycles. The van der Waals surface area contributed by atoms with Gasteiger partial charge in [0.05, 0.1) is 5.39 Å². The van der Waals surface area contributed by atoms with Crippen LogP contribution in [-0.2, 0) is 11.4 Å². The van der Waals surface area contributed by atoms with Gasteiger partial charge in [-0.25, -0.2) is 4.79 Å². The summed E-state index contributed by atoms with van der Waals surface area (Å²) in [5.41, 5.74) is 2.49. The molecule has 0 saturated carbocycles. The largest absolute Gasteiger partial charge is 0.489 e. The number of carbonyl (C=O) groups is 1. The van der Waals surface area contributed by atoms with E-state index < -0.39 is 5.97 Å². The molecule has 0 unspecified atom stereocenters. The highest BCUT2D eigenvalue weighted by molar-refractivity contribution is 6.35. The van der Waals surface area contributed by atoms with Crippen molar-refractivity contribution in [2.75, 3.05) is 0 Å². The van der Waals surface area contributed by atoms with Crippen LogP contribution >= 0.6 is 23.2 Å². The summed E-state index contributed by atoms with van der Waals surface area (Å²) in [6, 6.07) is 24.3. The summed E-state index contributed by atoms with van der Waals surface area (Å²) in [6.07, 6.45) is 4.16. The van der Waals surface area contributed by atoms with Crippen LogP contribution < -0.4 is 19.6 Å². The first-order chi connectivity index (χ1) is 19.4. The Morgan fingerprint density at radius 3 is 2.27 bits per heavy atom. The Kier molecular flexibility index (Phi) is 8.20. The molecule has 0 atom stereocenters. The van der Waals surface area contributed by atoms with Gasteiger partial charge in [-0.05, 0) is 67.1 Å². The van der Waals surface area contributed by atoms with Gasteiger partial charge in [0.15, 0.2) is 0 Å². The standard InChI is InChI=1S/C32H22Cl2O6/c1-20-5-10-23(11-6-20)39-30-19-38-29-17-24(14-15-25(29)32(30)36)40-31(35)16-9-21-7-12-22(13-8-21)37-18-26-27(33)3-2-4-28(26)34/h2-17,19H,18H2,1H3. The van der Waals surface area contributed by atoms with Crippen LogP contribution in [-0.4, -0.2) is 5.97 Å². The van der Waals surface area contributed by atoms with E-state index in [4.69, 9.17) is 41.8 Å². The number of hydrogen-bond donors (Lipinski definition) is 0. The van der Waals surface area contributed by atoms with E-state index in [1.165, 1.54) is 30.5 Å². The lowest BCUT2D eigenvalue weighted by molar-refractivity contribution is -0.128. The second-order valence-corrected chi connectivity index (χ2v) is 9.63. The molecular weight excluding hydrogens is 551 g/mol. The van der Waals surface area contributed by atoms with Crippen molar-refractivity contribution in [3.63, 3.8) is 0 Å². The number of esters is 1. The summed E-state index contributed by atoms with van der Waals surface area (Å²) in [5, 5.41) is 1.38. The maximum Gasteiger partial charge on any atom is 0.336 e. The Hall–Kier alpha value is -4.52. The van der Waals surface area contributed by atoms with Crippen LogP contribution in [0.5, 0.6) is 23.0 Å². The number of rotatable bonds is 8. The molecule has 5 aromatic rings. The molecule has 0 saturated heterocycles. The molecule has 0 aliphatic heterocycles. The van der Waals surface area contributed by atoms with Crippen molar-refractivity contribution in [1.82, 2.24) is 0 Å². The lowest BCUT2D eigenvalue weighted by Gasteiger charge is -2.09. The van der Waals surface area contributed by atoms with E-state index in [9.17, 15) is 9.59 Å². The van der Waals surface area contributed by atoms with Gasteiger partial charge < -0.3 is 18.6 Å². The topological polar surface area (TPSA) is 75.0 Å². The van der Waals surface area contributed by atoms with Crippen molar-refractivity contribution >= 4 is 46.2 Å². The molecule has 0 aliphatic carbocycles. The van der Waals surface area contributed by atoms with Crippen LogP contribution in [0, 0.1) is 6.92 Å². The van der Waals surface area contributed by atoms with Gasteiger partial charge in [0.25, 0.3) is 0 Å². The highest BCUT2D eigenvalue weighted by atomic mass is 35.5. The SMILES string of the molecule is Cc1ccc(Oc2coc3cc(OC(=O)C=Cc4ccc(OCc5c(Cl)cccc5Cl)cc4)ccc3c2=O)cc1. The second-order valence-electron chi connectivity index (χ2n) is 8.81. The summed E-state index contributed by atoms with van der Waals surface area (Å²) >= 11 is 12.4. The van der Waals surface area contributed by atoms with Crippen molar-refractivity contribution in [2.24, 2.45) is 0 Å². The first kappa shape index (κ1) is 27.1. The highest BCUT2D eigenvalue weighted by Crippen LogP contribution is 2.27. The molecular formula is C32H22Cl2O6. The zero-order valence-corrected chi connectivity index (χ0v) is 22.7. The van der Waals surface area contributed by atoms with Crippen molar-refractivity contribution < 1.29 is 23.4 Å². The van der Waals surface area contributed by atoms with Gasteiger partial charge in [-0.1, -0.05) is 59.1 Å². The fourth-order valence-corrected chi connectivity index (χ4v) is 4.28. The molecule has 5 rings (SSSR count). The molecule has 40 heavy (non-hydrogen) atoms. The zero-order chi connectivity index (χ0) is 28.1. The van der Waals surface area contributed by atoms with Crippen LogP contribution in [0.15, 0.2) is 106 Å². The fraction of sp³-hybridized carbons (Fsp3) is 0.0625. The van der Waals surface area contributed by atoms with Crippen LogP contribution in [0.4, 0.5) is 0 Å². The molecule has 200 valence electrons. The third-order valence-corrected chi connectivity index (χ3v) is 6.63. The van der Waals surface area contributed by atoms with Gasteiger partial charge in [-0.2, -0.15) is 0 Å². The minimum atomic E-state index is -0.588. The normalized spacial score (nSPS) is 11.1. The minimum Gasteiger partial charge on any atom is -0.489 e. The summed E-state index contributed by atoms with van der Waals surface area (Å²) in [4.78, 5) is 25.2. The van der Waals surface area contributed by atoms with Crippen LogP contribution in [0.3, 0.4) is 0 Å². The van der Waals surface area contributed by atoms with Crippen molar-refractivity contribution in [2.45, 2.75) is 13.5 Å². The smallest absolute Gasteiger partial charge is 0.336 e. The minimum absolute atomic E-state index is 0.0631. The molecule has 1 heterocycles. The number of hydrogen-bond acceptors (Lipinski definition) is 6. The van der Waals surface area contributed by atoms with Gasteiger partial charge in [-0.15, -0.1) is 0 Å². The second kappa shape index (κ2) is 12.1. The van der Waals surface area contributed by atoms with Crippen molar-refractivity contribution in [3.8, 4) is 23.0 Å². The number of halogens is 2. The molecule has 4 aromatic carbocycles. The first-order valence-electron chi connectivity index (χ1n) is 12.2. The van der Waals surface area contributed by atoms with E-state index in [1.54, 1.807) is 60.7 Å². The Balaban J connectivity index is 1.20. The molecule has 0 radical (unpaired) electrons. The maximum absolute atomic E-state index is 12.8. The van der Waals surface area contributed by atoms with Crippen LogP contribution in [0.2, 0.25) is 10.0 Å². The lowest BCUT2D eigenvalue weighted by Crippen LogP contribution is -2.06. The van der Waals surface area contributed by atoms with E-state index in [0.717, 1.165) is 11.1 Å². The molecule has 0 bridgehead atoms. The first-order valence-corrected chi connectivity index (χ1v) is 13.0. The number of aryl methyl sites for hydroxylation is 1. The van der Waals surface area contributed by atoms with E-state index in [2.05, 4.69) is 0 Å². The molecule has 0 amide bonds. The molecule has 0 aliphatic rings. The molecule has 8 heteroatoms. The molecule has 0 spiro atoms. The predicted octanol–water partition coefficient (Wildman–Crippen LogP) is 8.40. The monoisotopic (exact) mass is 572 g/mol. The average Bonchev–Trinajstić information content (AvgIpc) is 2.95. The van der Waals surface area contributed by atoms with E-state index in [-0.39, 0.29) is 29.1 Å². The summed E-state index contributed by atoms with van der Waals surface area (Å²) in [7, 11) is 0. The van der Waals surface area contributed by atoms with Gasteiger partial charge in [0.2, 0.25) is 11.2 Å². The van der Waals surface area contributed by atoms with E-state index in [0.29, 0.717) is 32.5 Å². The molecule has 6 nitrogen and oxygen atoms in total. The number of carbonyl (C=O) groups excluding carboxylic acids is 1. The van der Waals surface area contributed by atoms with Gasteiger partial charge in [0.1, 0.15) is 35.7 Å². The van der Waals surface area contributed by atoms with Crippen LogP contribution in [0.1, 0.15) is 16.7 Å². The number of ether oxygens (including phenoxy) is 3. The Morgan fingerprint density at radius 1 is 0.875 bits per heavy atom. The lowest BCUT2D eigenvalue weighted by atomic mass is 10.2. The third kappa shape index (κ3) is 6.54. The van der Waals surface area contributed by atoms with E-state index in [1.807, 2.05) is 19.1 Å². The van der Waals surface area contributed by atoms with Gasteiger partial charge >= 0.3 is 5.97 Å². The zero-order valence-electron chi connectivity index (χ0n) is 21.2. The quantitative estimate of drug-likeness (QED) is 0.105. The highest BCUT2D eigenvalue weighted by Gasteiger charge is 2.12. The summed E-state index contributed by atoms with van der Waals surface area (Å²) in [5.74, 6) is 0.863. The third-order valence-electron chi connectivity index (χ3n) is 5.92. The predicted molar refractivity (Wildman–Crippen MR) is 156 cm³/mol. The van der Waals surface area contributed by atoms with Crippen molar-refractivity contribution in [3.05, 3.63) is 134 Å². The van der Waals surface area contributed by atoms with E-state index >= 15 is 0 Å². The Labute approximate surface area is 239 Å². The summed E-state index contributed by atoms with van der Waals surface area (Å²) in [6.45, 7) is 2.19.